The number of hydrogen-bond acceptors (Lipinski definition) is 1. The van der Waals surface area contributed by atoms with Crippen LogP contribution in [0.5, 0.6) is 0 Å². The zero-order valence-corrected chi connectivity index (χ0v) is 20.5. The van der Waals surface area contributed by atoms with Gasteiger partial charge in [-0.3, -0.25) is 0 Å². The fourth-order valence-electron chi connectivity index (χ4n) is 3.89. The molecule has 0 N–H and O–H groups in total. The first-order valence-electron chi connectivity index (χ1n) is 9.46. The summed E-state index contributed by atoms with van der Waals surface area (Å²) in [7, 11) is 13.3. The van der Waals surface area contributed by atoms with Crippen LogP contribution in [-0.2, 0) is 24.8 Å². The van der Waals surface area contributed by atoms with Crippen LogP contribution in [0, 0.1) is 6.92 Å². The van der Waals surface area contributed by atoms with Crippen LogP contribution in [-0.4, -0.2) is 0 Å². The summed E-state index contributed by atoms with van der Waals surface area (Å²) in [6.45, 7) is 8.64. The number of hydrogen-bond donors (Lipinski definition) is 0. The Labute approximate surface area is 182 Å². The summed E-state index contributed by atoms with van der Waals surface area (Å²) in [6, 6.07) is 19.1. The van der Waals surface area contributed by atoms with Crippen molar-refractivity contribution < 1.29 is 23.8 Å². The van der Waals surface area contributed by atoms with Gasteiger partial charge in [0.05, 0.1) is 0 Å². The Morgan fingerprint density at radius 1 is 0.929 bits per heavy atom. The molecule has 3 aromatic rings. The van der Waals surface area contributed by atoms with E-state index in [0.717, 1.165) is 17.1 Å². The molecule has 1 nitrogen and oxygen atoms in total. The number of aryl methyl sites for hydroxylation is 1. The molecule has 1 aromatic heterocycles. The zero-order chi connectivity index (χ0) is 20.1. The van der Waals surface area contributed by atoms with Crippen LogP contribution in [0.25, 0.3) is 22.8 Å². The zero-order valence-electron chi connectivity index (χ0n) is 16.5. The van der Waals surface area contributed by atoms with Crippen LogP contribution in [0.1, 0.15) is 52.6 Å². The molecule has 1 atom stereocenters. The van der Waals surface area contributed by atoms with E-state index in [2.05, 4.69) is 82.3 Å². The van der Waals surface area contributed by atoms with Crippen LogP contribution in [0.4, 0.5) is 0 Å². The molecule has 1 heterocycles. The molecule has 1 unspecified atom stereocenters. The third kappa shape index (κ3) is 3.60. The van der Waals surface area contributed by atoms with Gasteiger partial charge in [-0.1, -0.05) is 0 Å². The first-order chi connectivity index (χ1) is 13.3. The minimum absolute atomic E-state index is 0.0327. The molecule has 1 aliphatic carbocycles. The summed E-state index contributed by atoms with van der Waals surface area (Å²) in [5, 5.41) is 0. The monoisotopic (exact) mass is 487 g/mol. The second-order valence-corrected chi connectivity index (χ2v) is 17.2. The molecule has 0 radical (unpaired) electrons. The summed E-state index contributed by atoms with van der Waals surface area (Å²) in [4.78, 5) is 0. The molecule has 0 saturated heterocycles. The van der Waals surface area contributed by atoms with Crippen molar-refractivity contribution >= 4 is 28.7 Å². The van der Waals surface area contributed by atoms with Gasteiger partial charge in [0.1, 0.15) is 0 Å². The molecule has 0 bridgehead atoms. The summed E-state index contributed by atoms with van der Waals surface area (Å²) < 4.78 is 6.35. The van der Waals surface area contributed by atoms with Crippen molar-refractivity contribution in [1.82, 2.24) is 0 Å². The predicted octanol–water partition coefficient (Wildman–Crippen LogP) is 8.07. The number of halogens is 2. The number of fused-ring (bicyclic) bond motifs is 1. The summed E-state index contributed by atoms with van der Waals surface area (Å²) in [5.41, 5.74) is 7.32. The molecule has 4 rings (SSSR count). The van der Waals surface area contributed by atoms with E-state index in [0.29, 0.717) is 0 Å². The van der Waals surface area contributed by atoms with E-state index in [-0.39, 0.29) is 9.04 Å². The Balaban J connectivity index is 1.90. The molecule has 28 heavy (non-hydrogen) atoms. The molecule has 2 aromatic carbocycles. The fraction of sp³-hybridized carbons (Fsp3) is 0.250. The van der Waals surface area contributed by atoms with Gasteiger partial charge >= 0.3 is 183 Å². The SMILES string of the molecule is Cc1ccc2c(c1-c1ccccc1)C=C(c1ccc(C(C)(C)C)o1)[CH]2[Zr]([Cl])[Cl]. The first-order valence-corrected chi connectivity index (χ1v) is 17.2. The summed E-state index contributed by atoms with van der Waals surface area (Å²) >= 11 is -2.65. The van der Waals surface area contributed by atoms with E-state index in [1.54, 1.807) is 0 Å². The van der Waals surface area contributed by atoms with E-state index >= 15 is 0 Å². The molecule has 0 aliphatic heterocycles. The number of allylic oxidation sites excluding steroid dienone is 1. The van der Waals surface area contributed by atoms with Crippen LogP contribution in [0.3, 0.4) is 0 Å². The Hall–Kier alpha value is -1.08. The second-order valence-electron chi connectivity index (χ2n) is 8.36. The molecule has 0 spiro atoms. The van der Waals surface area contributed by atoms with Crippen LogP contribution < -0.4 is 0 Å². The minimum atomic E-state index is -2.65. The van der Waals surface area contributed by atoms with E-state index in [4.69, 9.17) is 21.4 Å². The number of rotatable bonds is 3. The molecular weight excluding hydrogens is 466 g/mol. The Morgan fingerprint density at radius 2 is 1.64 bits per heavy atom. The van der Waals surface area contributed by atoms with Crippen molar-refractivity contribution in [2.24, 2.45) is 0 Å². The van der Waals surface area contributed by atoms with Crippen molar-refractivity contribution in [1.29, 1.82) is 0 Å². The van der Waals surface area contributed by atoms with E-state index in [1.807, 2.05) is 6.07 Å². The van der Waals surface area contributed by atoms with Crippen molar-refractivity contribution in [3.63, 3.8) is 0 Å². The average Bonchev–Trinajstić information content (AvgIpc) is 3.26. The van der Waals surface area contributed by atoms with Gasteiger partial charge in [0.2, 0.25) is 0 Å². The standard InChI is InChI=1S/C24H23O.2ClH.Zr/c1-16-10-11-18-14-19(21-12-13-22(25-21)24(2,3)4)15-20(18)23(16)17-8-6-5-7-9-17;;;/h5-15H,1-4H3;2*1H;/q;;;+2/p-2. The van der Waals surface area contributed by atoms with E-state index in [1.165, 1.54) is 27.8 Å². The van der Waals surface area contributed by atoms with Gasteiger partial charge in [-0.2, -0.15) is 0 Å². The Bertz CT molecular complexity index is 1040. The maximum absolute atomic E-state index is 6.67. The fourth-order valence-corrected chi connectivity index (χ4v) is 9.00. The molecule has 0 fully saturated rings. The molecule has 0 amide bonds. The van der Waals surface area contributed by atoms with Gasteiger partial charge in [0, 0.05) is 0 Å². The van der Waals surface area contributed by atoms with Gasteiger partial charge in [-0.15, -0.1) is 0 Å². The Morgan fingerprint density at radius 3 is 2.25 bits per heavy atom. The molecule has 1 aliphatic rings. The van der Waals surface area contributed by atoms with Gasteiger partial charge in [-0.05, 0) is 0 Å². The van der Waals surface area contributed by atoms with Crippen molar-refractivity contribution in [2.45, 2.75) is 36.7 Å². The number of benzene rings is 2. The van der Waals surface area contributed by atoms with E-state index in [9.17, 15) is 0 Å². The average molecular weight is 490 g/mol. The normalized spacial score (nSPS) is 16.1. The van der Waals surface area contributed by atoms with Gasteiger partial charge in [0.15, 0.2) is 0 Å². The molecule has 0 saturated carbocycles. The van der Waals surface area contributed by atoms with Crippen LogP contribution in [0.15, 0.2) is 59.0 Å². The maximum atomic E-state index is 6.67. The molecular formula is C24H23Cl2OZr. The second kappa shape index (κ2) is 7.64. The Kier molecular flexibility index (Phi) is 5.51. The van der Waals surface area contributed by atoms with Crippen molar-refractivity contribution in [3.8, 4) is 11.1 Å². The third-order valence-electron chi connectivity index (χ3n) is 5.32. The first kappa shape index (κ1) is 20.2. The molecule has 4 heteroatoms. The van der Waals surface area contributed by atoms with Crippen molar-refractivity contribution in [2.75, 3.05) is 0 Å². The van der Waals surface area contributed by atoms with E-state index < -0.39 is 19.4 Å². The molecule has 143 valence electrons. The van der Waals surface area contributed by atoms with Gasteiger partial charge < -0.3 is 0 Å². The van der Waals surface area contributed by atoms with Gasteiger partial charge in [-0.25, -0.2) is 0 Å². The summed E-state index contributed by atoms with van der Waals surface area (Å²) in [5.74, 6) is 1.87. The quantitative estimate of drug-likeness (QED) is 0.363. The van der Waals surface area contributed by atoms with Crippen LogP contribution >= 0.6 is 17.0 Å². The third-order valence-corrected chi connectivity index (χ3v) is 10.5. The van der Waals surface area contributed by atoms with Crippen LogP contribution in [0.2, 0.25) is 0 Å². The topological polar surface area (TPSA) is 13.1 Å². The van der Waals surface area contributed by atoms with Gasteiger partial charge in [0.25, 0.3) is 0 Å². The predicted molar refractivity (Wildman–Crippen MR) is 116 cm³/mol. The summed E-state index contributed by atoms with van der Waals surface area (Å²) in [6.07, 6.45) is 2.26. The number of furan rings is 1. The van der Waals surface area contributed by atoms with Crippen molar-refractivity contribution in [3.05, 3.63) is 82.8 Å².